The predicted octanol–water partition coefficient (Wildman–Crippen LogP) is 8.94. The van der Waals surface area contributed by atoms with Crippen LogP contribution in [-0.2, 0) is 24.2 Å². The number of hydrogen-bond acceptors (Lipinski definition) is 2. The van der Waals surface area contributed by atoms with E-state index in [0.717, 1.165) is 23.6 Å². The Balaban J connectivity index is 2.03. The molecular weight excluding hydrogens is 416 g/mol. The molecule has 0 saturated carbocycles. The zero-order valence-electron chi connectivity index (χ0n) is 20.4. The van der Waals surface area contributed by atoms with Crippen molar-refractivity contribution in [2.24, 2.45) is 0 Å². The van der Waals surface area contributed by atoms with Crippen molar-refractivity contribution in [1.29, 1.82) is 0 Å². The third-order valence-electron chi connectivity index (χ3n) is 6.42. The summed E-state index contributed by atoms with van der Waals surface area (Å²) in [6, 6.07) is 10.3. The topological polar surface area (TPSA) is 46.5 Å². The van der Waals surface area contributed by atoms with Gasteiger partial charge in [-0.05, 0) is 54.3 Å². The van der Waals surface area contributed by atoms with Crippen molar-refractivity contribution >= 4 is 22.1 Å². The smallest absolute Gasteiger partial charge is 0.357 e. The lowest BCUT2D eigenvalue weighted by molar-refractivity contribution is 0.460. The quantitative estimate of drug-likeness (QED) is 0.178. The standard InChI is InChI=1S/C28H44O3S/c1-3-5-7-9-11-13-15-18-24-22-26-20-17-21-28(31-32(29)30)27(26)23-25(24)19-16-14-12-10-8-6-4-2/h17,20-23H,3-16,18-19H2,1-2H3,(H,29,30). The van der Waals surface area contributed by atoms with E-state index in [0.29, 0.717) is 5.75 Å². The Hall–Kier alpha value is -1.39. The molecule has 32 heavy (non-hydrogen) atoms. The molecular formula is C28H44O3S. The lowest BCUT2D eigenvalue weighted by Gasteiger charge is -2.14. The van der Waals surface area contributed by atoms with Gasteiger partial charge in [-0.3, -0.25) is 4.55 Å². The molecule has 4 heteroatoms. The van der Waals surface area contributed by atoms with E-state index < -0.39 is 11.4 Å². The third-order valence-corrected chi connectivity index (χ3v) is 6.74. The van der Waals surface area contributed by atoms with E-state index in [-0.39, 0.29) is 0 Å². The summed E-state index contributed by atoms with van der Waals surface area (Å²) in [5, 5.41) is 2.03. The maximum Gasteiger partial charge on any atom is 0.357 e. The predicted molar refractivity (Wildman–Crippen MR) is 139 cm³/mol. The van der Waals surface area contributed by atoms with Crippen molar-refractivity contribution in [3.63, 3.8) is 0 Å². The number of benzene rings is 2. The third kappa shape index (κ3) is 10.0. The monoisotopic (exact) mass is 460 g/mol. The normalized spacial score (nSPS) is 12.3. The van der Waals surface area contributed by atoms with Crippen LogP contribution in [0.4, 0.5) is 0 Å². The van der Waals surface area contributed by atoms with Gasteiger partial charge in [-0.15, -0.1) is 0 Å². The van der Waals surface area contributed by atoms with Crippen molar-refractivity contribution in [3.8, 4) is 5.75 Å². The van der Waals surface area contributed by atoms with E-state index in [2.05, 4.69) is 32.0 Å². The molecule has 0 radical (unpaired) electrons. The Labute approximate surface area is 198 Å². The number of hydrogen-bond donors (Lipinski definition) is 1. The van der Waals surface area contributed by atoms with Crippen LogP contribution in [-0.4, -0.2) is 8.76 Å². The molecule has 0 amide bonds. The van der Waals surface area contributed by atoms with Gasteiger partial charge in [-0.2, -0.15) is 4.21 Å². The van der Waals surface area contributed by atoms with Crippen molar-refractivity contribution in [3.05, 3.63) is 41.5 Å². The zero-order valence-corrected chi connectivity index (χ0v) is 21.2. The zero-order chi connectivity index (χ0) is 23.0. The summed E-state index contributed by atoms with van der Waals surface area (Å²) in [5.74, 6) is 0.492. The van der Waals surface area contributed by atoms with Gasteiger partial charge < -0.3 is 4.18 Å². The van der Waals surface area contributed by atoms with Gasteiger partial charge in [0.25, 0.3) is 0 Å². The summed E-state index contributed by atoms with van der Waals surface area (Å²) < 4.78 is 25.6. The lowest BCUT2D eigenvalue weighted by Crippen LogP contribution is -2.00. The maximum atomic E-state index is 11.2. The average Bonchev–Trinajstić information content (AvgIpc) is 2.78. The van der Waals surface area contributed by atoms with Crippen LogP contribution in [0.1, 0.15) is 115 Å². The minimum absolute atomic E-state index is 0.492. The minimum atomic E-state index is -2.31. The highest BCUT2D eigenvalue weighted by atomic mass is 32.2. The first kappa shape index (κ1) is 26.9. The summed E-state index contributed by atoms with van der Waals surface area (Å²) in [7, 11) is 0. The molecule has 0 bridgehead atoms. The first-order valence-electron chi connectivity index (χ1n) is 13.0. The Kier molecular flexibility index (Phi) is 13.6. The molecule has 1 atom stereocenters. The number of aryl methyl sites for hydroxylation is 2. The Morgan fingerprint density at radius 3 is 1.75 bits per heavy atom. The molecule has 0 aliphatic heterocycles. The summed E-state index contributed by atoms with van der Waals surface area (Å²) in [6.07, 6.45) is 20.6. The molecule has 0 saturated heterocycles. The Morgan fingerprint density at radius 1 is 0.719 bits per heavy atom. The highest BCUT2D eigenvalue weighted by molar-refractivity contribution is 7.74. The average molecular weight is 461 g/mol. The largest absolute Gasteiger partial charge is 0.379 e. The van der Waals surface area contributed by atoms with Gasteiger partial charge in [0, 0.05) is 5.39 Å². The molecule has 1 unspecified atom stereocenters. The van der Waals surface area contributed by atoms with Crippen LogP contribution in [0.3, 0.4) is 0 Å². The van der Waals surface area contributed by atoms with E-state index in [1.807, 2.05) is 6.07 Å². The van der Waals surface area contributed by atoms with Crippen LogP contribution in [0, 0.1) is 0 Å². The number of fused-ring (bicyclic) bond motifs is 1. The van der Waals surface area contributed by atoms with Gasteiger partial charge in [0.2, 0.25) is 0 Å². The molecule has 0 aliphatic carbocycles. The van der Waals surface area contributed by atoms with Crippen LogP contribution >= 0.6 is 0 Å². The fourth-order valence-corrected chi connectivity index (χ4v) is 4.85. The molecule has 3 nitrogen and oxygen atoms in total. The van der Waals surface area contributed by atoms with Gasteiger partial charge in [0.1, 0.15) is 5.75 Å². The van der Waals surface area contributed by atoms with Crippen LogP contribution in [0.25, 0.3) is 10.8 Å². The molecule has 2 aromatic rings. The van der Waals surface area contributed by atoms with Crippen molar-refractivity contribution in [1.82, 2.24) is 0 Å². The fourth-order valence-electron chi connectivity index (χ4n) is 4.55. The second-order valence-electron chi connectivity index (χ2n) is 9.14. The van der Waals surface area contributed by atoms with Crippen LogP contribution in [0.5, 0.6) is 5.75 Å². The molecule has 180 valence electrons. The van der Waals surface area contributed by atoms with Crippen LogP contribution in [0.2, 0.25) is 0 Å². The second-order valence-corrected chi connectivity index (χ2v) is 9.74. The SMILES string of the molecule is CCCCCCCCCc1cc2cccc(OS(=O)O)c2cc1CCCCCCCCC. The second kappa shape index (κ2) is 16.3. The number of unbranched alkanes of at least 4 members (excludes halogenated alkanes) is 12. The summed E-state index contributed by atoms with van der Waals surface area (Å²) in [4.78, 5) is 0. The van der Waals surface area contributed by atoms with E-state index in [1.54, 1.807) is 6.07 Å². The van der Waals surface area contributed by atoms with Crippen LogP contribution in [0.15, 0.2) is 30.3 Å². The molecule has 1 N–H and O–H groups in total. The highest BCUT2D eigenvalue weighted by Crippen LogP contribution is 2.31. The van der Waals surface area contributed by atoms with Crippen LogP contribution < -0.4 is 4.18 Å². The molecule has 0 spiro atoms. The fraction of sp³-hybridized carbons (Fsp3) is 0.643. The highest BCUT2D eigenvalue weighted by Gasteiger charge is 2.11. The summed E-state index contributed by atoms with van der Waals surface area (Å²) >= 11 is -2.31. The Bertz CT molecular complexity index is 803. The van der Waals surface area contributed by atoms with E-state index in [9.17, 15) is 8.76 Å². The molecule has 2 aromatic carbocycles. The van der Waals surface area contributed by atoms with E-state index in [4.69, 9.17) is 4.18 Å². The molecule has 2 rings (SSSR count). The summed E-state index contributed by atoms with van der Waals surface area (Å²) in [5.41, 5.74) is 2.83. The van der Waals surface area contributed by atoms with Crippen molar-refractivity contribution in [2.75, 3.05) is 0 Å². The first-order chi connectivity index (χ1) is 15.7. The first-order valence-corrected chi connectivity index (χ1v) is 14.0. The van der Waals surface area contributed by atoms with Gasteiger partial charge in [0.05, 0.1) is 0 Å². The van der Waals surface area contributed by atoms with Crippen molar-refractivity contribution < 1.29 is 12.9 Å². The lowest BCUT2D eigenvalue weighted by atomic mass is 9.93. The Morgan fingerprint density at radius 2 is 1.22 bits per heavy atom. The van der Waals surface area contributed by atoms with E-state index >= 15 is 0 Å². The minimum Gasteiger partial charge on any atom is -0.379 e. The molecule has 0 aromatic heterocycles. The summed E-state index contributed by atoms with van der Waals surface area (Å²) in [6.45, 7) is 4.53. The van der Waals surface area contributed by atoms with Gasteiger partial charge >= 0.3 is 11.4 Å². The van der Waals surface area contributed by atoms with Crippen molar-refractivity contribution in [2.45, 2.75) is 117 Å². The molecule has 0 fully saturated rings. The maximum absolute atomic E-state index is 11.2. The molecule has 0 heterocycles. The molecule has 0 aliphatic rings. The van der Waals surface area contributed by atoms with E-state index in [1.165, 1.54) is 101 Å². The number of rotatable bonds is 18. The van der Waals surface area contributed by atoms with Gasteiger partial charge in [-0.25, -0.2) is 0 Å². The van der Waals surface area contributed by atoms with Gasteiger partial charge in [0.15, 0.2) is 0 Å². The van der Waals surface area contributed by atoms with Gasteiger partial charge in [-0.1, -0.05) is 109 Å².